The Morgan fingerprint density at radius 1 is 1.09 bits per heavy atom. The van der Waals surface area contributed by atoms with E-state index in [9.17, 15) is 31.9 Å². The molecule has 2 aliphatic rings. The van der Waals surface area contributed by atoms with Crippen molar-refractivity contribution < 1.29 is 36.8 Å². The number of imide groups is 1. The summed E-state index contributed by atoms with van der Waals surface area (Å²) in [5, 5.41) is 3.66. The van der Waals surface area contributed by atoms with Crippen LogP contribution in [-0.2, 0) is 16.2 Å². The summed E-state index contributed by atoms with van der Waals surface area (Å²) < 4.78 is 52.7. The molecule has 2 heterocycles. The average molecular weight is 447 g/mol. The highest BCUT2D eigenvalue weighted by molar-refractivity contribution is 6.20. The van der Waals surface area contributed by atoms with Gasteiger partial charge in [-0.15, -0.1) is 5.10 Å². The third-order valence-corrected chi connectivity index (χ3v) is 5.52. The summed E-state index contributed by atoms with van der Waals surface area (Å²) >= 11 is 0. The summed E-state index contributed by atoms with van der Waals surface area (Å²) in [6.45, 7) is -1.45. The van der Waals surface area contributed by atoms with Gasteiger partial charge >= 0.3 is 12.1 Å². The molecular weight excluding hydrogens is 434 g/mol. The first kappa shape index (κ1) is 20.2. The van der Waals surface area contributed by atoms with Crippen LogP contribution in [-0.4, -0.2) is 38.8 Å². The Labute approximate surface area is 177 Å². The summed E-state index contributed by atoms with van der Waals surface area (Å²) in [7, 11) is 0. The SMILES string of the molecule is O=C(ON1C(=O)c2ccccc2C1=O)C1C[C@H]1c1ccc2c(F)nn(CC(F)(F)F)c2c1. The van der Waals surface area contributed by atoms with Crippen LogP contribution in [0.2, 0.25) is 0 Å². The molecular formula is C21H13F4N3O4. The van der Waals surface area contributed by atoms with Crippen molar-refractivity contribution in [2.75, 3.05) is 0 Å². The number of rotatable bonds is 4. The molecule has 1 unspecified atom stereocenters. The van der Waals surface area contributed by atoms with Crippen LogP contribution in [0.15, 0.2) is 42.5 Å². The monoisotopic (exact) mass is 447 g/mol. The van der Waals surface area contributed by atoms with Crippen molar-refractivity contribution in [3.8, 4) is 0 Å². The molecule has 0 bridgehead atoms. The normalized spacial score (nSPS) is 20.1. The third kappa shape index (κ3) is 3.29. The van der Waals surface area contributed by atoms with E-state index in [1.165, 1.54) is 30.3 Å². The minimum Gasteiger partial charge on any atom is -0.329 e. The molecule has 3 aromatic rings. The molecule has 2 atom stereocenters. The van der Waals surface area contributed by atoms with Crippen molar-refractivity contribution in [3.63, 3.8) is 0 Å². The van der Waals surface area contributed by atoms with Crippen molar-refractivity contribution >= 4 is 28.7 Å². The number of hydroxylamine groups is 2. The number of benzene rings is 2. The first-order chi connectivity index (χ1) is 15.1. The van der Waals surface area contributed by atoms with E-state index in [1.807, 2.05) is 0 Å². The second-order valence-corrected chi connectivity index (χ2v) is 7.65. The van der Waals surface area contributed by atoms with Crippen molar-refractivity contribution in [2.24, 2.45) is 5.92 Å². The number of fused-ring (bicyclic) bond motifs is 2. The molecule has 5 rings (SSSR count). The highest BCUT2D eigenvalue weighted by Crippen LogP contribution is 2.49. The van der Waals surface area contributed by atoms with E-state index in [2.05, 4.69) is 5.10 Å². The fourth-order valence-electron chi connectivity index (χ4n) is 3.90. The Kier molecular flexibility index (Phi) is 4.33. The van der Waals surface area contributed by atoms with Crippen molar-refractivity contribution in [1.29, 1.82) is 0 Å². The molecule has 2 amide bonds. The fourth-order valence-corrected chi connectivity index (χ4v) is 3.90. The van der Waals surface area contributed by atoms with E-state index in [4.69, 9.17) is 4.84 Å². The van der Waals surface area contributed by atoms with Crippen LogP contribution in [0.4, 0.5) is 17.6 Å². The molecule has 0 saturated heterocycles. The summed E-state index contributed by atoms with van der Waals surface area (Å²) in [5.74, 6) is -4.42. The van der Waals surface area contributed by atoms with Crippen LogP contribution in [0.3, 0.4) is 0 Å². The number of aromatic nitrogens is 2. The Hall–Kier alpha value is -3.76. The highest BCUT2D eigenvalue weighted by Gasteiger charge is 2.48. The van der Waals surface area contributed by atoms with Crippen molar-refractivity contribution in [3.05, 3.63) is 65.1 Å². The van der Waals surface area contributed by atoms with Gasteiger partial charge in [0, 0.05) is 0 Å². The molecule has 0 spiro atoms. The van der Waals surface area contributed by atoms with Crippen LogP contribution < -0.4 is 0 Å². The maximum atomic E-state index is 13.9. The van der Waals surface area contributed by atoms with E-state index >= 15 is 0 Å². The van der Waals surface area contributed by atoms with Gasteiger partial charge in [0.05, 0.1) is 27.9 Å². The summed E-state index contributed by atoms with van der Waals surface area (Å²) in [5.41, 5.74) is 0.716. The lowest BCUT2D eigenvalue weighted by molar-refractivity contribution is -0.170. The molecule has 32 heavy (non-hydrogen) atoms. The van der Waals surface area contributed by atoms with Crippen LogP contribution in [0.1, 0.15) is 38.6 Å². The lowest BCUT2D eigenvalue weighted by Crippen LogP contribution is -2.33. The molecule has 7 nitrogen and oxygen atoms in total. The number of alkyl halides is 3. The maximum absolute atomic E-state index is 13.9. The van der Waals surface area contributed by atoms with Crippen LogP contribution in [0.5, 0.6) is 0 Å². The lowest BCUT2D eigenvalue weighted by Gasteiger charge is -2.12. The van der Waals surface area contributed by atoms with Crippen LogP contribution in [0, 0.1) is 11.9 Å². The van der Waals surface area contributed by atoms with Crippen LogP contribution in [0.25, 0.3) is 10.9 Å². The number of amides is 2. The molecule has 1 aromatic heterocycles. The summed E-state index contributed by atoms with van der Waals surface area (Å²) in [6, 6.07) is 10.2. The molecule has 1 aliphatic heterocycles. The molecule has 11 heteroatoms. The zero-order chi connectivity index (χ0) is 22.8. The lowest BCUT2D eigenvalue weighted by atomic mass is 10.1. The summed E-state index contributed by atoms with van der Waals surface area (Å²) in [4.78, 5) is 42.2. The zero-order valence-electron chi connectivity index (χ0n) is 16.1. The van der Waals surface area contributed by atoms with E-state index < -0.39 is 48.3 Å². The fraction of sp³-hybridized carbons (Fsp3) is 0.238. The first-order valence-electron chi connectivity index (χ1n) is 9.56. The Bertz CT molecular complexity index is 1260. The molecule has 2 aromatic carbocycles. The largest absolute Gasteiger partial charge is 0.408 e. The third-order valence-electron chi connectivity index (χ3n) is 5.52. The van der Waals surface area contributed by atoms with E-state index in [0.29, 0.717) is 21.7 Å². The molecule has 1 aliphatic carbocycles. The summed E-state index contributed by atoms with van der Waals surface area (Å²) in [6.07, 6.45) is -4.27. The Morgan fingerprint density at radius 3 is 2.38 bits per heavy atom. The second-order valence-electron chi connectivity index (χ2n) is 7.65. The Balaban J connectivity index is 1.33. The molecule has 0 N–H and O–H groups in total. The quantitative estimate of drug-likeness (QED) is 0.451. The van der Waals surface area contributed by atoms with Gasteiger partial charge in [0.15, 0.2) is 0 Å². The van der Waals surface area contributed by atoms with Gasteiger partial charge in [0.1, 0.15) is 6.54 Å². The van der Waals surface area contributed by atoms with Gasteiger partial charge in [-0.25, -0.2) is 4.79 Å². The zero-order valence-corrected chi connectivity index (χ0v) is 16.1. The maximum Gasteiger partial charge on any atom is 0.408 e. The van der Waals surface area contributed by atoms with Gasteiger partial charge in [0.2, 0.25) is 5.95 Å². The predicted molar refractivity (Wildman–Crippen MR) is 99.6 cm³/mol. The van der Waals surface area contributed by atoms with Gasteiger partial charge in [-0.1, -0.05) is 23.3 Å². The molecule has 164 valence electrons. The van der Waals surface area contributed by atoms with Crippen molar-refractivity contribution in [1.82, 2.24) is 14.8 Å². The molecule has 1 saturated carbocycles. The number of carbonyl (C=O) groups is 3. The van der Waals surface area contributed by atoms with Crippen molar-refractivity contribution in [2.45, 2.75) is 25.1 Å². The molecule has 0 radical (unpaired) electrons. The topological polar surface area (TPSA) is 81.5 Å². The first-order valence-corrected chi connectivity index (χ1v) is 9.56. The predicted octanol–water partition coefficient (Wildman–Crippen LogP) is 3.60. The number of nitrogens with zero attached hydrogens (tertiary/aromatic N) is 3. The van der Waals surface area contributed by atoms with E-state index in [1.54, 1.807) is 12.1 Å². The molecule has 1 fully saturated rings. The van der Waals surface area contributed by atoms with Gasteiger partial charge in [-0.3, -0.25) is 14.3 Å². The van der Waals surface area contributed by atoms with Gasteiger partial charge in [-0.05, 0) is 42.2 Å². The number of halogens is 4. The Morgan fingerprint density at radius 2 is 1.75 bits per heavy atom. The minimum atomic E-state index is -4.58. The number of hydrogen-bond acceptors (Lipinski definition) is 5. The standard InChI is InChI=1S/C21H13F4N3O4/c22-17-13-6-5-10(7-16(13)27(26-17)9-21(23,24)25)14-8-15(14)20(31)32-28-18(29)11-3-1-2-4-12(11)19(28)30/h1-7,14-15H,8-9H2/t14-,15?/m0/s1. The number of hydrogen-bond donors (Lipinski definition) is 0. The average Bonchev–Trinajstić information content (AvgIpc) is 3.45. The second kappa shape index (κ2) is 6.87. The van der Waals surface area contributed by atoms with Gasteiger partial charge in [0.25, 0.3) is 11.8 Å². The number of carbonyl (C=O) groups excluding carboxylic acids is 3. The van der Waals surface area contributed by atoms with E-state index in [-0.39, 0.29) is 22.0 Å². The van der Waals surface area contributed by atoms with Gasteiger partial charge < -0.3 is 4.84 Å². The van der Waals surface area contributed by atoms with Gasteiger partial charge in [-0.2, -0.15) is 17.6 Å². The minimum absolute atomic E-state index is 0.0447. The van der Waals surface area contributed by atoms with Crippen LogP contribution >= 0.6 is 0 Å². The van der Waals surface area contributed by atoms with E-state index in [0.717, 1.165) is 0 Å². The smallest absolute Gasteiger partial charge is 0.329 e. The highest BCUT2D eigenvalue weighted by atomic mass is 19.4.